The van der Waals surface area contributed by atoms with E-state index in [4.69, 9.17) is 20.8 Å². The SMILES string of the molecule is COCc1c(C(=O)NNC(=O)c2ccc(Cl)cc2)oc2ccccc12. The van der Waals surface area contributed by atoms with E-state index < -0.39 is 11.8 Å². The summed E-state index contributed by atoms with van der Waals surface area (Å²) < 4.78 is 10.8. The fourth-order valence-corrected chi connectivity index (χ4v) is 2.54. The van der Waals surface area contributed by atoms with Gasteiger partial charge in [-0.25, -0.2) is 0 Å². The van der Waals surface area contributed by atoms with Gasteiger partial charge in [-0.3, -0.25) is 20.4 Å². The van der Waals surface area contributed by atoms with E-state index in [2.05, 4.69) is 10.9 Å². The monoisotopic (exact) mass is 358 g/mol. The molecule has 6 nitrogen and oxygen atoms in total. The van der Waals surface area contributed by atoms with Gasteiger partial charge >= 0.3 is 5.91 Å². The minimum atomic E-state index is -0.564. The van der Waals surface area contributed by atoms with Gasteiger partial charge in [0, 0.05) is 28.6 Å². The van der Waals surface area contributed by atoms with Crippen LogP contribution >= 0.6 is 11.6 Å². The van der Waals surface area contributed by atoms with Crippen LogP contribution in [0.15, 0.2) is 52.9 Å². The third-order valence-corrected chi connectivity index (χ3v) is 3.84. The normalized spacial score (nSPS) is 10.6. The van der Waals surface area contributed by atoms with Crippen LogP contribution in [0.1, 0.15) is 26.5 Å². The van der Waals surface area contributed by atoms with Crippen LogP contribution in [0.3, 0.4) is 0 Å². The standard InChI is InChI=1S/C18H15ClN2O4/c1-24-10-14-13-4-2-3-5-15(13)25-16(14)18(23)21-20-17(22)11-6-8-12(19)9-7-11/h2-9H,10H2,1H3,(H,20,22)(H,21,23). The quantitative estimate of drug-likeness (QED) is 0.701. The molecule has 0 unspecified atom stereocenters. The van der Waals surface area contributed by atoms with Crippen LogP contribution in [0.2, 0.25) is 5.02 Å². The van der Waals surface area contributed by atoms with Crippen molar-refractivity contribution >= 4 is 34.4 Å². The maximum Gasteiger partial charge on any atom is 0.305 e. The van der Waals surface area contributed by atoms with Gasteiger partial charge in [-0.1, -0.05) is 29.8 Å². The van der Waals surface area contributed by atoms with Gasteiger partial charge in [0.25, 0.3) is 5.91 Å². The average Bonchev–Trinajstić information content (AvgIpc) is 2.99. The lowest BCUT2D eigenvalue weighted by Gasteiger charge is -2.07. The fourth-order valence-electron chi connectivity index (χ4n) is 2.41. The predicted octanol–water partition coefficient (Wildman–Crippen LogP) is 3.31. The molecule has 0 radical (unpaired) electrons. The summed E-state index contributed by atoms with van der Waals surface area (Å²) in [6.07, 6.45) is 0. The molecule has 1 aromatic heterocycles. The number of amides is 2. The Kier molecular flexibility index (Phi) is 5.02. The van der Waals surface area contributed by atoms with Crippen molar-refractivity contribution in [3.8, 4) is 0 Å². The van der Waals surface area contributed by atoms with Crippen molar-refractivity contribution in [3.05, 3.63) is 70.4 Å². The molecule has 3 rings (SSSR count). The first-order valence-corrected chi connectivity index (χ1v) is 7.83. The van der Waals surface area contributed by atoms with Gasteiger partial charge < -0.3 is 9.15 Å². The minimum absolute atomic E-state index is 0.0967. The van der Waals surface area contributed by atoms with Crippen molar-refractivity contribution in [2.45, 2.75) is 6.61 Å². The van der Waals surface area contributed by atoms with E-state index in [0.717, 1.165) is 5.39 Å². The number of halogens is 1. The number of hydrazine groups is 1. The Labute approximate surface area is 148 Å². The summed E-state index contributed by atoms with van der Waals surface area (Å²) in [5.74, 6) is -0.931. The Balaban J connectivity index is 1.77. The number of rotatable bonds is 4. The van der Waals surface area contributed by atoms with Crippen LogP contribution in [0.4, 0.5) is 0 Å². The Bertz CT molecular complexity index is 918. The zero-order chi connectivity index (χ0) is 17.8. The highest BCUT2D eigenvalue weighted by Crippen LogP contribution is 2.26. The van der Waals surface area contributed by atoms with E-state index in [1.807, 2.05) is 18.2 Å². The molecule has 3 aromatic rings. The molecule has 2 N–H and O–H groups in total. The first kappa shape index (κ1) is 17.0. The molecule has 2 amide bonds. The van der Waals surface area contributed by atoms with Crippen molar-refractivity contribution in [1.82, 2.24) is 10.9 Å². The number of benzene rings is 2. The number of methoxy groups -OCH3 is 1. The lowest BCUT2D eigenvalue weighted by Crippen LogP contribution is -2.41. The first-order valence-electron chi connectivity index (χ1n) is 7.45. The molecule has 0 aliphatic heterocycles. The number of fused-ring (bicyclic) bond motifs is 1. The van der Waals surface area contributed by atoms with Crippen LogP contribution in [0.25, 0.3) is 11.0 Å². The van der Waals surface area contributed by atoms with E-state index in [1.165, 1.54) is 7.11 Å². The summed E-state index contributed by atoms with van der Waals surface area (Å²) in [6.45, 7) is 0.213. The van der Waals surface area contributed by atoms with E-state index in [0.29, 0.717) is 21.7 Å². The number of nitrogens with one attached hydrogen (secondary N) is 2. The summed E-state index contributed by atoms with van der Waals surface area (Å²) in [4.78, 5) is 24.5. The Morgan fingerprint density at radius 2 is 1.72 bits per heavy atom. The van der Waals surface area contributed by atoms with Gasteiger partial charge in [0.05, 0.1) is 6.61 Å². The van der Waals surface area contributed by atoms with Gasteiger partial charge in [0.1, 0.15) is 5.58 Å². The molecule has 0 fully saturated rings. The molecule has 0 saturated carbocycles. The maximum absolute atomic E-state index is 12.4. The van der Waals surface area contributed by atoms with Crippen molar-refractivity contribution in [1.29, 1.82) is 0 Å². The molecule has 25 heavy (non-hydrogen) atoms. The topological polar surface area (TPSA) is 80.6 Å². The van der Waals surface area contributed by atoms with Crippen molar-refractivity contribution < 1.29 is 18.7 Å². The lowest BCUT2D eigenvalue weighted by molar-refractivity contribution is 0.0828. The Morgan fingerprint density at radius 1 is 1.04 bits per heavy atom. The minimum Gasteiger partial charge on any atom is -0.450 e. The summed E-state index contributed by atoms with van der Waals surface area (Å²) >= 11 is 5.78. The predicted molar refractivity (Wildman–Crippen MR) is 93.3 cm³/mol. The summed E-state index contributed by atoms with van der Waals surface area (Å²) in [6, 6.07) is 13.6. The molecule has 7 heteroatoms. The maximum atomic E-state index is 12.4. The average molecular weight is 359 g/mol. The van der Waals surface area contributed by atoms with Crippen LogP contribution in [0, 0.1) is 0 Å². The van der Waals surface area contributed by atoms with Crippen LogP contribution in [0.5, 0.6) is 0 Å². The Hall–Kier alpha value is -2.83. The number of carbonyl (C=O) groups is 2. The van der Waals surface area contributed by atoms with Gasteiger partial charge in [-0.05, 0) is 30.3 Å². The number of furan rings is 1. The molecule has 0 spiro atoms. The highest BCUT2D eigenvalue weighted by atomic mass is 35.5. The summed E-state index contributed by atoms with van der Waals surface area (Å²) in [7, 11) is 1.53. The van der Waals surface area contributed by atoms with E-state index in [9.17, 15) is 9.59 Å². The first-order chi connectivity index (χ1) is 12.1. The van der Waals surface area contributed by atoms with Gasteiger partial charge in [0.15, 0.2) is 5.76 Å². The van der Waals surface area contributed by atoms with Gasteiger partial charge in [0.2, 0.25) is 0 Å². The van der Waals surface area contributed by atoms with Gasteiger partial charge in [-0.2, -0.15) is 0 Å². The highest BCUT2D eigenvalue weighted by molar-refractivity contribution is 6.30. The largest absolute Gasteiger partial charge is 0.450 e. The smallest absolute Gasteiger partial charge is 0.305 e. The number of carbonyl (C=O) groups excluding carboxylic acids is 2. The summed E-state index contributed by atoms with van der Waals surface area (Å²) in [5.41, 5.74) is 6.26. The van der Waals surface area contributed by atoms with Crippen LogP contribution in [-0.4, -0.2) is 18.9 Å². The molecular formula is C18H15ClN2O4. The van der Waals surface area contributed by atoms with Crippen LogP contribution in [-0.2, 0) is 11.3 Å². The molecule has 0 aliphatic carbocycles. The molecular weight excluding hydrogens is 344 g/mol. The van der Waals surface area contributed by atoms with Crippen molar-refractivity contribution in [2.24, 2.45) is 0 Å². The van der Waals surface area contributed by atoms with E-state index in [1.54, 1.807) is 30.3 Å². The molecule has 0 bridgehead atoms. The van der Waals surface area contributed by atoms with Crippen molar-refractivity contribution in [2.75, 3.05) is 7.11 Å². The van der Waals surface area contributed by atoms with Crippen LogP contribution < -0.4 is 10.9 Å². The van der Waals surface area contributed by atoms with E-state index in [-0.39, 0.29) is 12.4 Å². The fraction of sp³-hybridized carbons (Fsp3) is 0.111. The molecule has 0 aliphatic rings. The summed E-state index contributed by atoms with van der Waals surface area (Å²) in [5, 5.41) is 1.31. The molecule has 0 atom stereocenters. The van der Waals surface area contributed by atoms with Crippen molar-refractivity contribution in [3.63, 3.8) is 0 Å². The number of para-hydroxylation sites is 1. The zero-order valence-electron chi connectivity index (χ0n) is 13.3. The second kappa shape index (κ2) is 7.38. The molecule has 2 aromatic carbocycles. The van der Waals surface area contributed by atoms with Gasteiger partial charge in [-0.15, -0.1) is 0 Å². The number of ether oxygens (including phenoxy) is 1. The Morgan fingerprint density at radius 3 is 2.44 bits per heavy atom. The molecule has 128 valence electrons. The highest BCUT2D eigenvalue weighted by Gasteiger charge is 2.20. The third-order valence-electron chi connectivity index (χ3n) is 3.59. The second-order valence-corrected chi connectivity index (χ2v) is 5.69. The molecule has 1 heterocycles. The van der Waals surface area contributed by atoms with E-state index >= 15 is 0 Å². The number of hydrogen-bond acceptors (Lipinski definition) is 4. The zero-order valence-corrected chi connectivity index (χ0v) is 14.1. The lowest BCUT2D eigenvalue weighted by atomic mass is 10.1. The number of hydrogen-bond donors (Lipinski definition) is 2. The molecule has 0 saturated heterocycles. The third kappa shape index (κ3) is 3.65. The second-order valence-electron chi connectivity index (χ2n) is 5.25.